The van der Waals surface area contributed by atoms with Gasteiger partial charge in [-0.3, -0.25) is 42.4 Å². The minimum atomic E-state index is -0.314. The molecular weight excluding hydrogens is 930 g/mol. The maximum atomic E-state index is 13.1. The monoisotopic (exact) mass is 1000 g/mol. The van der Waals surface area contributed by atoms with E-state index in [0.717, 1.165) is 112 Å². The third kappa shape index (κ3) is 14.0. The van der Waals surface area contributed by atoms with E-state index in [1.165, 1.54) is 9.13 Å². The highest BCUT2D eigenvalue weighted by Gasteiger charge is 2.28. The summed E-state index contributed by atoms with van der Waals surface area (Å²) >= 11 is 5.84. The molecule has 0 radical (unpaired) electrons. The number of hydrogen-bond acceptors (Lipinski definition) is 13. The van der Waals surface area contributed by atoms with Crippen molar-refractivity contribution in [2.24, 2.45) is 15.7 Å². The SMILES string of the molecule is CCCn1c2c(c(=O)n(CCCOC)c1=O)CC(c1ccc(CCCCN3CCCC3=O)nc1)=N2.CCCn1c2c(c(=O)n(CCCOC)c1=O)CC(c1ccc(Cl)nc1)=N2.NCCCN1CCCC1=O. The Morgan fingerprint density at radius 1 is 0.592 bits per heavy atom. The van der Waals surface area contributed by atoms with Crippen molar-refractivity contribution >= 4 is 46.5 Å². The van der Waals surface area contributed by atoms with Gasteiger partial charge < -0.3 is 25.0 Å². The smallest absolute Gasteiger partial charge is 0.332 e. The van der Waals surface area contributed by atoms with Crippen LogP contribution in [-0.2, 0) is 64.5 Å². The van der Waals surface area contributed by atoms with Crippen LogP contribution in [0, 0.1) is 0 Å². The van der Waals surface area contributed by atoms with E-state index < -0.39 is 0 Å². The number of aryl methyl sites for hydroxylation is 1. The molecule has 4 aromatic rings. The van der Waals surface area contributed by atoms with Crippen molar-refractivity contribution in [3.8, 4) is 0 Å². The molecule has 2 N–H and O–H groups in total. The molecule has 0 unspecified atom stereocenters. The molecule has 2 amide bonds. The highest BCUT2D eigenvalue weighted by atomic mass is 35.5. The lowest BCUT2D eigenvalue weighted by atomic mass is 10.1. The predicted molar refractivity (Wildman–Crippen MR) is 275 cm³/mol. The number of fused-ring (bicyclic) bond motifs is 2. The second-order valence-corrected chi connectivity index (χ2v) is 18.4. The summed E-state index contributed by atoms with van der Waals surface area (Å²) in [7, 11) is 3.21. The topological polar surface area (TPSA) is 224 Å². The lowest BCUT2D eigenvalue weighted by Crippen LogP contribution is -2.41. The molecule has 4 aliphatic heterocycles. The normalized spacial score (nSPS) is 14.8. The molecule has 4 aromatic heterocycles. The second kappa shape index (κ2) is 27.1. The van der Waals surface area contributed by atoms with Gasteiger partial charge in [-0.2, -0.15) is 0 Å². The van der Waals surface area contributed by atoms with Crippen LogP contribution >= 0.6 is 11.6 Å². The lowest BCUT2D eigenvalue weighted by molar-refractivity contribution is -0.128. The fourth-order valence-electron chi connectivity index (χ4n) is 9.10. The maximum Gasteiger partial charge on any atom is 0.332 e. The van der Waals surface area contributed by atoms with Crippen molar-refractivity contribution in [1.29, 1.82) is 0 Å². The molecule has 0 saturated carbocycles. The van der Waals surface area contributed by atoms with Crippen LogP contribution < -0.4 is 28.2 Å². The molecule has 2 saturated heterocycles. The Kier molecular flexibility index (Phi) is 20.8. The average molecular weight is 1000 g/mol. The minimum Gasteiger partial charge on any atom is -0.385 e. The quantitative estimate of drug-likeness (QED) is 0.0846. The van der Waals surface area contributed by atoms with Crippen molar-refractivity contribution in [2.75, 3.05) is 60.2 Å². The fraction of sp³-hybridized carbons (Fsp3) is 0.569. The van der Waals surface area contributed by atoms with Crippen molar-refractivity contribution in [2.45, 2.75) is 130 Å². The molecule has 71 heavy (non-hydrogen) atoms. The number of rotatable bonds is 22. The number of carbonyl (C=O) groups excluding carboxylic acids is 2. The molecule has 8 heterocycles. The zero-order chi connectivity index (χ0) is 50.9. The molecular formula is C51H70ClN11O8. The number of halogens is 1. The highest BCUT2D eigenvalue weighted by molar-refractivity contribution is 6.29. The van der Waals surface area contributed by atoms with Crippen molar-refractivity contribution in [1.82, 2.24) is 38.0 Å². The molecule has 0 aliphatic carbocycles. The Bertz CT molecular complexity index is 2760. The van der Waals surface area contributed by atoms with E-state index in [9.17, 15) is 28.8 Å². The van der Waals surface area contributed by atoms with Crippen LogP contribution in [0.1, 0.15) is 112 Å². The third-order valence-electron chi connectivity index (χ3n) is 12.8. The van der Waals surface area contributed by atoms with Crippen LogP contribution in [0.25, 0.3) is 0 Å². The summed E-state index contributed by atoms with van der Waals surface area (Å²) < 4.78 is 16.0. The first kappa shape index (κ1) is 54.4. The van der Waals surface area contributed by atoms with Gasteiger partial charge in [0.05, 0.1) is 22.6 Å². The number of aliphatic imine (C=N–C) groups is 2. The first-order valence-electron chi connectivity index (χ1n) is 25.1. The number of methoxy groups -OCH3 is 2. The first-order chi connectivity index (χ1) is 34.4. The van der Waals surface area contributed by atoms with E-state index >= 15 is 0 Å². The summed E-state index contributed by atoms with van der Waals surface area (Å²) in [5, 5.41) is 0.397. The number of likely N-dealkylation sites (tertiary alicyclic amines) is 2. The van der Waals surface area contributed by atoms with Crippen LogP contribution in [-0.4, -0.2) is 121 Å². The number of nitrogens with two attached hydrogens (primary N) is 1. The second-order valence-electron chi connectivity index (χ2n) is 18.0. The number of aromatic nitrogens is 6. The minimum absolute atomic E-state index is 0.256. The summed E-state index contributed by atoms with van der Waals surface area (Å²) in [6.07, 6.45) is 14.2. The summed E-state index contributed by atoms with van der Waals surface area (Å²) in [5.41, 5.74) is 9.46. The number of carbonyl (C=O) groups is 2. The van der Waals surface area contributed by atoms with Gasteiger partial charge in [-0.05, 0) is 95.0 Å². The molecule has 4 aliphatic rings. The van der Waals surface area contributed by atoms with Crippen LogP contribution in [0.4, 0.5) is 11.6 Å². The van der Waals surface area contributed by atoms with Gasteiger partial charge in [-0.1, -0.05) is 25.4 Å². The fourth-order valence-corrected chi connectivity index (χ4v) is 9.21. The van der Waals surface area contributed by atoms with Gasteiger partial charge in [0.25, 0.3) is 11.1 Å². The van der Waals surface area contributed by atoms with Crippen molar-refractivity contribution in [3.63, 3.8) is 0 Å². The van der Waals surface area contributed by atoms with Gasteiger partial charge in [0.1, 0.15) is 16.8 Å². The number of ether oxygens (including phenoxy) is 2. The number of amides is 2. The Balaban J connectivity index is 0.000000200. The van der Waals surface area contributed by atoms with E-state index in [1.54, 1.807) is 35.6 Å². The Hall–Kier alpha value is -5.89. The zero-order valence-electron chi connectivity index (χ0n) is 41.8. The molecule has 384 valence electrons. The molecule has 0 spiro atoms. The maximum absolute atomic E-state index is 13.1. The Morgan fingerprint density at radius 2 is 1.08 bits per heavy atom. The average Bonchev–Trinajstić information content (AvgIpc) is 4.21. The standard InChI is InChI=1S/C26H35N5O4.C18H21ClN4O3.C7H14N2O/c1-3-12-30-24-21(25(33)31(26(30)34)15-7-16-35-2)17-22(28-24)19-10-11-20(27-18-19)8-4-5-13-29-14-6-9-23(29)32;1-3-7-22-16-13(17(24)23(18(22)25)8-4-9-26-2)10-14(21-16)12-5-6-15(19)20-11-12;8-4-2-6-9-5-1-3-7(9)10/h10-11,18H,3-9,12-17H2,1-2H3;5-6,11H,3-4,7-10H2,1-2H3;1-6,8H2. The van der Waals surface area contributed by atoms with Gasteiger partial charge in [0.2, 0.25) is 11.8 Å². The van der Waals surface area contributed by atoms with Gasteiger partial charge in [0.15, 0.2) is 0 Å². The van der Waals surface area contributed by atoms with Crippen LogP contribution in [0.15, 0.2) is 65.8 Å². The number of nitrogens with zero attached hydrogens (tertiary/aromatic N) is 10. The van der Waals surface area contributed by atoms with Gasteiger partial charge >= 0.3 is 11.4 Å². The highest BCUT2D eigenvalue weighted by Crippen LogP contribution is 2.27. The molecule has 0 bridgehead atoms. The number of unbranched alkanes of at least 4 members (excludes halogenated alkanes) is 1. The molecule has 0 aromatic carbocycles. The summed E-state index contributed by atoms with van der Waals surface area (Å²) in [5.74, 6) is 1.53. The third-order valence-corrected chi connectivity index (χ3v) is 13.0. The molecule has 2 fully saturated rings. The summed E-state index contributed by atoms with van der Waals surface area (Å²) in [6, 6.07) is 7.50. The predicted octanol–water partition coefficient (Wildman–Crippen LogP) is 4.61. The van der Waals surface area contributed by atoms with Crippen LogP contribution in [0.2, 0.25) is 5.15 Å². The first-order valence-corrected chi connectivity index (χ1v) is 25.5. The molecule has 0 atom stereocenters. The van der Waals surface area contributed by atoms with E-state index in [1.807, 2.05) is 48.0 Å². The van der Waals surface area contributed by atoms with Gasteiger partial charge in [0, 0.05) is 135 Å². The zero-order valence-corrected chi connectivity index (χ0v) is 42.6. The van der Waals surface area contributed by atoms with Crippen molar-refractivity contribution < 1.29 is 19.1 Å². The van der Waals surface area contributed by atoms with Gasteiger partial charge in [-0.25, -0.2) is 24.6 Å². The molecule has 8 rings (SSSR count). The molecule has 19 nitrogen and oxygen atoms in total. The van der Waals surface area contributed by atoms with Crippen LogP contribution in [0.3, 0.4) is 0 Å². The summed E-state index contributed by atoms with van der Waals surface area (Å²) in [6.45, 7) is 10.9. The van der Waals surface area contributed by atoms with Crippen molar-refractivity contribution in [3.05, 3.63) is 111 Å². The Morgan fingerprint density at radius 3 is 1.49 bits per heavy atom. The van der Waals surface area contributed by atoms with E-state index in [4.69, 9.17) is 31.8 Å². The van der Waals surface area contributed by atoms with E-state index in [0.29, 0.717) is 112 Å². The largest absolute Gasteiger partial charge is 0.385 e. The number of pyridine rings is 2. The van der Waals surface area contributed by atoms with E-state index in [-0.39, 0.29) is 28.4 Å². The van der Waals surface area contributed by atoms with Gasteiger partial charge in [-0.15, -0.1) is 0 Å². The molecule has 20 heteroatoms. The Labute approximate surface area is 419 Å². The number of hydrogen-bond donors (Lipinski definition) is 1. The van der Waals surface area contributed by atoms with Crippen LogP contribution in [0.5, 0.6) is 0 Å². The van der Waals surface area contributed by atoms with E-state index in [2.05, 4.69) is 15.0 Å². The summed E-state index contributed by atoms with van der Waals surface area (Å²) in [4.78, 5) is 96.3. The lowest BCUT2D eigenvalue weighted by Gasteiger charge is -2.14.